The van der Waals surface area contributed by atoms with Crippen molar-refractivity contribution in [1.29, 1.82) is 0 Å². The molecule has 0 saturated heterocycles. The molecular formula is C18H34N2O4S2. The fourth-order valence-corrected chi connectivity index (χ4v) is 4.56. The third kappa shape index (κ3) is 12.5. The van der Waals surface area contributed by atoms with Crippen molar-refractivity contribution in [2.24, 2.45) is 0 Å². The molecule has 0 saturated carbocycles. The molecule has 0 rings (SSSR count). The van der Waals surface area contributed by atoms with Gasteiger partial charge in [0.25, 0.3) is 0 Å². The fraction of sp³-hybridized carbons (Fsp3) is 0.778. The maximum atomic E-state index is 11.7. The van der Waals surface area contributed by atoms with Gasteiger partial charge in [0, 0.05) is 42.5 Å². The summed E-state index contributed by atoms with van der Waals surface area (Å²) in [6, 6.07) is 0. The van der Waals surface area contributed by atoms with E-state index in [0.717, 1.165) is 29.2 Å². The van der Waals surface area contributed by atoms with Crippen LogP contribution >= 0.6 is 21.6 Å². The summed E-state index contributed by atoms with van der Waals surface area (Å²) in [6.45, 7) is 10.1. The van der Waals surface area contributed by atoms with Crippen LogP contribution in [-0.2, 0) is 9.53 Å². The van der Waals surface area contributed by atoms with E-state index in [1.54, 1.807) is 47.3 Å². The maximum absolute atomic E-state index is 11.7. The molecule has 6 nitrogen and oxygen atoms in total. The number of amides is 2. The lowest BCUT2D eigenvalue weighted by Gasteiger charge is -2.23. The molecule has 0 bridgehead atoms. The highest BCUT2D eigenvalue weighted by molar-refractivity contribution is 8.78. The number of nitrogens with zero attached hydrogens (tertiary/aromatic N) is 1. The monoisotopic (exact) mass is 406 g/mol. The number of aliphatic hydroxyl groups is 1. The van der Waals surface area contributed by atoms with E-state index in [1.165, 1.54) is 12.8 Å². The van der Waals surface area contributed by atoms with Crippen molar-refractivity contribution < 1.29 is 19.4 Å². The zero-order valence-electron chi connectivity index (χ0n) is 16.7. The summed E-state index contributed by atoms with van der Waals surface area (Å²) < 4.78 is 5.18. The smallest absolute Gasteiger partial charge is 0.407 e. The molecule has 152 valence electrons. The normalized spacial score (nSPS) is 12.4. The molecule has 0 aromatic heterocycles. The van der Waals surface area contributed by atoms with Gasteiger partial charge in [-0.1, -0.05) is 41.4 Å². The summed E-state index contributed by atoms with van der Waals surface area (Å²) in [5, 5.41) is 12.0. The zero-order valence-corrected chi connectivity index (χ0v) is 18.3. The number of hydrogen-bond donors (Lipinski definition) is 2. The third-order valence-electron chi connectivity index (χ3n) is 3.31. The molecule has 26 heavy (non-hydrogen) atoms. The van der Waals surface area contributed by atoms with Gasteiger partial charge in [-0.15, -0.1) is 0 Å². The second-order valence-corrected chi connectivity index (χ2v) is 9.33. The number of allylic oxidation sites excluding steroid dienone is 1. The largest absolute Gasteiger partial charge is 0.444 e. The predicted octanol–water partition coefficient (Wildman–Crippen LogP) is 4.16. The summed E-state index contributed by atoms with van der Waals surface area (Å²) >= 11 is 0. The van der Waals surface area contributed by atoms with Crippen LogP contribution in [0.1, 0.15) is 60.3 Å². The van der Waals surface area contributed by atoms with Crippen molar-refractivity contribution in [3.8, 4) is 0 Å². The van der Waals surface area contributed by atoms with Crippen LogP contribution in [0.5, 0.6) is 0 Å². The molecule has 0 spiro atoms. The number of alkyl carbamates (subject to hydrolysis) is 1. The molecule has 0 atom stereocenters. The molecule has 2 N–H and O–H groups in total. The quantitative estimate of drug-likeness (QED) is 0.272. The minimum Gasteiger partial charge on any atom is -0.444 e. The number of hydrogen-bond acceptors (Lipinski definition) is 6. The van der Waals surface area contributed by atoms with Gasteiger partial charge in [0.05, 0.1) is 0 Å². The number of carbonyl (C=O) groups excluding carboxylic acids is 2. The number of ether oxygens (including phenoxy) is 1. The van der Waals surface area contributed by atoms with Crippen LogP contribution in [0.25, 0.3) is 0 Å². The summed E-state index contributed by atoms with van der Waals surface area (Å²) in [5.74, 6) is 1.04. The first-order valence-corrected chi connectivity index (χ1v) is 11.4. The average Bonchev–Trinajstić information content (AvgIpc) is 2.55. The summed E-state index contributed by atoms with van der Waals surface area (Å²) in [5.41, 5.74) is 0.262. The van der Waals surface area contributed by atoms with E-state index < -0.39 is 11.7 Å². The van der Waals surface area contributed by atoms with Crippen molar-refractivity contribution in [3.05, 3.63) is 10.6 Å². The first-order valence-electron chi connectivity index (χ1n) is 9.04. The highest BCUT2D eigenvalue weighted by Crippen LogP contribution is 2.35. The Morgan fingerprint density at radius 2 is 2.00 bits per heavy atom. The molecule has 0 aromatic rings. The Hall–Kier alpha value is -0.860. The second kappa shape index (κ2) is 14.2. The zero-order chi connectivity index (χ0) is 20.0. The first-order chi connectivity index (χ1) is 12.2. The molecule has 0 unspecified atom stereocenters. The van der Waals surface area contributed by atoms with E-state index in [2.05, 4.69) is 12.2 Å². The molecule has 0 radical (unpaired) electrons. The fourth-order valence-electron chi connectivity index (χ4n) is 1.96. The van der Waals surface area contributed by atoms with Gasteiger partial charge >= 0.3 is 6.09 Å². The van der Waals surface area contributed by atoms with Crippen molar-refractivity contribution in [1.82, 2.24) is 10.2 Å². The summed E-state index contributed by atoms with van der Waals surface area (Å²) in [6.07, 6.45) is 4.33. The minimum atomic E-state index is -0.551. The van der Waals surface area contributed by atoms with Crippen molar-refractivity contribution >= 4 is 34.1 Å². The lowest BCUT2D eigenvalue weighted by molar-refractivity contribution is -0.116. The SMILES string of the molecule is CCCCCSSC(CCO)=C(C)N(C=O)CCNC(=O)OC(C)(C)C. The molecule has 8 heteroatoms. The predicted molar refractivity (Wildman–Crippen MR) is 111 cm³/mol. The van der Waals surface area contributed by atoms with Gasteiger partial charge in [-0.05, 0) is 34.1 Å². The number of nitrogens with one attached hydrogen (secondary N) is 1. The van der Waals surface area contributed by atoms with E-state index >= 15 is 0 Å². The van der Waals surface area contributed by atoms with E-state index in [-0.39, 0.29) is 6.61 Å². The summed E-state index contributed by atoms with van der Waals surface area (Å²) in [7, 11) is 3.37. The van der Waals surface area contributed by atoms with Crippen LogP contribution in [0.15, 0.2) is 10.6 Å². The van der Waals surface area contributed by atoms with E-state index in [1.807, 2.05) is 6.92 Å². The molecule has 0 fully saturated rings. The van der Waals surface area contributed by atoms with Crippen LogP contribution in [0.2, 0.25) is 0 Å². The van der Waals surface area contributed by atoms with Gasteiger partial charge in [-0.3, -0.25) is 4.79 Å². The average molecular weight is 407 g/mol. The number of unbranched alkanes of at least 4 members (excludes halogenated alkanes) is 2. The van der Waals surface area contributed by atoms with E-state index in [0.29, 0.717) is 19.5 Å². The topological polar surface area (TPSA) is 78.9 Å². The third-order valence-corrected chi connectivity index (χ3v) is 6.04. The van der Waals surface area contributed by atoms with Gasteiger partial charge < -0.3 is 20.1 Å². The Kier molecular flexibility index (Phi) is 13.8. The molecule has 0 heterocycles. The Morgan fingerprint density at radius 1 is 1.31 bits per heavy atom. The number of aliphatic hydroxyl groups excluding tert-OH is 1. The Labute approximate surface area is 165 Å². The molecule has 0 aliphatic carbocycles. The highest BCUT2D eigenvalue weighted by Gasteiger charge is 2.16. The minimum absolute atomic E-state index is 0.0397. The van der Waals surface area contributed by atoms with Crippen LogP contribution in [0.4, 0.5) is 4.79 Å². The van der Waals surface area contributed by atoms with E-state index in [4.69, 9.17) is 4.74 Å². The van der Waals surface area contributed by atoms with Gasteiger partial charge in [-0.25, -0.2) is 4.79 Å². The summed E-state index contributed by atoms with van der Waals surface area (Å²) in [4.78, 5) is 25.7. The number of rotatable bonds is 13. The molecule has 0 aliphatic rings. The van der Waals surface area contributed by atoms with Gasteiger partial charge in [-0.2, -0.15) is 0 Å². The number of carbonyl (C=O) groups is 2. The lowest BCUT2D eigenvalue weighted by atomic mass is 10.2. The van der Waals surface area contributed by atoms with Crippen LogP contribution in [0.3, 0.4) is 0 Å². The molecule has 0 aromatic carbocycles. The Balaban J connectivity index is 4.60. The van der Waals surface area contributed by atoms with Crippen molar-refractivity contribution in [2.75, 3.05) is 25.4 Å². The maximum Gasteiger partial charge on any atom is 0.407 e. The van der Waals surface area contributed by atoms with Crippen molar-refractivity contribution in [2.45, 2.75) is 65.9 Å². The van der Waals surface area contributed by atoms with Crippen LogP contribution < -0.4 is 5.32 Å². The van der Waals surface area contributed by atoms with E-state index in [9.17, 15) is 14.7 Å². The lowest BCUT2D eigenvalue weighted by Crippen LogP contribution is -2.37. The Morgan fingerprint density at radius 3 is 2.54 bits per heavy atom. The van der Waals surface area contributed by atoms with Gasteiger partial charge in [0.15, 0.2) is 0 Å². The van der Waals surface area contributed by atoms with Gasteiger partial charge in [0.2, 0.25) is 6.41 Å². The van der Waals surface area contributed by atoms with Crippen molar-refractivity contribution in [3.63, 3.8) is 0 Å². The first kappa shape index (κ1) is 25.1. The molecule has 2 amide bonds. The molecule has 0 aliphatic heterocycles. The highest BCUT2D eigenvalue weighted by atomic mass is 33.1. The Bertz CT molecular complexity index is 451. The standard InChI is InChI=1S/C18H34N2O4S2/c1-6-7-8-13-25-26-16(9-12-21)15(2)20(14-22)11-10-19-17(23)24-18(3,4)5/h14,21H,6-13H2,1-5H3,(H,19,23). The second-order valence-electron chi connectivity index (χ2n) is 6.82. The van der Waals surface area contributed by atoms with Gasteiger partial charge in [0.1, 0.15) is 5.60 Å². The van der Waals surface area contributed by atoms with Crippen LogP contribution in [0, 0.1) is 0 Å². The molecular weight excluding hydrogens is 372 g/mol. The van der Waals surface area contributed by atoms with Crippen LogP contribution in [-0.4, -0.2) is 53.6 Å².